The number of benzene rings is 1. The van der Waals surface area contributed by atoms with Gasteiger partial charge in [-0.25, -0.2) is 0 Å². The molecule has 1 heterocycles. The van der Waals surface area contributed by atoms with Gasteiger partial charge in [-0.05, 0) is 31.0 Å². The first kappa shape index (κ1) is 19.7. The van der Waals surface area contributed by atoms with Gasteiger partial charge in [0.2, 0.25) is 0 Å². The number of ether oxygens (including phenoxy) is 3. The van der Waals surface area contributed by atoms with E-state index in [1.165, 1.54) is 0 Å². The number of halogens is 1. The van der Waals surface area contributed by atoms with Gasteiger partial charge < -0.3 is 24.4 Å². The van der Waals surface area contributed by atoms with Crippen molar-refractivity contribution in [3.05, 3.63) is 22.7 Å². The van der Waals surface area contributed by atoms with Crippen molar-refractivity contribution in [1.82, 2.24) is 10.2 Å². The number of rotatable bonds is 7. The smallest absolute Gasteiger partial charge is 0.193 e. The SMILES string of the molecule is CCOc1c(Cl)cc(CNC(=NC)N(C)CC2CCOC2)cc1OC. The second-order valence-corrected chi connectivity index (χ2v) is 6.46. The van der Waals surface area contributed by atoms with Gasteiger partial charge in [0.05, 0.1) is 25.3 Å². The van der Waals surface area contributed by atoms with Crippen LogP contribution in [-0.2, 0) is 11.3 Å². The Balaban J connectivity index is 1.99. The molecular formula is C18H28ClN3O3. The molecule has 1 aliphatic rings. The van der Waals surface area contributed by atoms with Gasteiger partial charge in [-0.3, -0.25) is 4.99 Å². The largest absolute Gasteiger partial charge is 0.493 e. The van der Waals surface area contributed by atoms with Crippen LogP contribution in [0.5, 0.6) is 11.5 Å². The van der Waals surface area contributed by atoms with Crippen LogP contribution in [0.1, 0.15) is 18.9 Å². The fourth-order valence-corrected chi connectivity index (χ4v) is 3.21. The number of aliphatic imine (C=N–C) groups is 1. The van der Waals surface area contributed by atoms with Crippen molar-refractivity contribution in [2.24, 2.45) is 10.9 Å². The molecule has 2 rings (SSSR count). The molecule has 1 unspecified atom stereocenters. The summed E-state index contributed by atoms with van der Waals surface area (Å²) in [5, 5.41) is 3.92. The summed E-state index contributed by atoms with van der Waals surface area (Å²) < 4.78 is 16.4. The van der Waals surface area contributed by atoms with Crippen molar-refractivity contribution < 1.29 is 14.2 Å². The van der Waals surface area contributed by atoms with E-state index in [0.717, 1.165) is 37.7 Å². The number of hydrogen-bond acceptors (Lipinski definition) is 4. The third-order valence-electron chi connectivity index (χ3n) is 4.16. The maximum Gasteiger partial charge on any atom is 0.193 e. The minimum atomic E-state index is 0.538. The summed E-state index contributed by atoms with van der Waals surface area (Å²) in [4.78, 5) is 6.49. The minimum absolute atomic E-state index is 0.538. The Bertz CT molecular complexity index is 589. The lowest BCUT2D eigenvalue weighted by Crippen LogP contribution is -2.41. The van der Waals surface area contributed by atoms with Gasteiger partial charge in [-0.1, -0.05) is 11.6 Å². The summed E-state index contributed by atoms with van der Waals surface area (Å²) in [6.07, 6.45) is 1.10. The monoisotopic (exact) mass is 369 g/mol. The average Bonchev–Trinajstić information content (AvgIpc) is 3.10. The highest BCUT2D eigenvalue weighted by atomic mass is 35.5. The molecule has 1 N–H and O–H groups in total. The molecule has 0 amide bonds. The van der Waals surface area contributed by atoms with Gasteiger partial charge >= 0.3 is 0 Å². The lowest BCUT2D eigenvalue weighted by Gasteiger charge is -2.24. The maximum absolute atomic E-state index is 6.33. The summed E-state index contributed by atoms with van der Waals surface area (Å²) >= 11 is 6.33. The van der Waals surface area contributed by atoms with Gasteiger partial charge in [0.25, 0.3) is 0 Å². The minimum Gasteiger partial charge on any atom is -0.493 e. The summed E-state index contributed by atoms with van der Waals surface area (Å²) in [5.41, 5.74) is 1.00. The van der Waals surface area contributed by atoms with Crippen LogP contribution in [-0.4, -0.2) is 58.4 Å². The van der Waals surface area contributed by atoms with Gasteiger partial charge in [0.1, 0.15) is 0 Å². The fourth-order valence-electron chi connectivity index (χ4n) is 2.93. The molecule has 0 saturated carbocycles. The first-order valence-corrected chi connectivity index (χ1v) is 8.95. The van der Waals surface area contributed by atoms with E-state index in [2.05, 4.69) is 15.2 Å². The molecule has 1 saturated heterocycles. The van der Waals surface area contributed by atoms with Crippen LogP contribution in [0.3, 0.4) is 0 Å². The molecular weight excluding hydrogens is 342 g/mol. The van der Waals surface area contributed by atoms with E-state index < -0.39 is 0 Å². The molecule has 7 heteroatoms. The molecule has 25 heavy (non-hydrogen) atoms. The molecule has 6 nitrogen and oxygen atoms in total. The Hall–Kier alpha value is -1.66. The lowest BCUT2D eigenvalue weighted by atomic mass is 10.1. The summed E-state index contributed by atoms with van der Waals surface area (Å²) in [5.74, 6) is 2.62. The van der Waals surface area contributed by atoms with Crippen LogP contribution in [0.15, 0.2) is 17.1 Å². The van der Waals surface area contributed by atoms with Crippen molar-refractivity contribution in [3.8, 4) is 11.5 Å². The average molecular weight is 370 g/mol. The Morgan fingerprint density at radius 3 is 2.88 bits per heavy atom. The standard InChI is InChI=1S/C18H28ClN3O3/c1-5-25-17-15(19)8-14(9-16(17)23-4)10-21-18(20-2)22(3)11-13-6-7-24-12-13/h8-9,13H,5-7,10-12H2,1-4H3,(H,20,21). The molecule has 1 aliphatic heterocycles. The van der Waals surface area contributed by atoms with Crippen molar-refractivity contribution >= 4 is 17.6 Å². The molecule has 0 aliphatic carbocycles. The van der Waals surface area contributed by atoms with Crippen molar-refractivity contribution in [2.75, 3.05) is 47.6 Å². The Labute approximate surface area is 155 Å². The van der Waals surface area contributed by atoms with Crippen molar-refractivity contribution in [1.29, 1.82) is 0 Å². The molecule has 0 radical (unpaired) electrons. The van der Waals surface area contributed by atoms with E-state index in [-0.39, 0.29) is 0 Å². The van der Waals surface area contributed by atoms with Crippen LogP contribution in [0.2, 0.25) is 5.02 Å². The normalized spacial score (nSPS) is 17.5. The van der Waals surface area contributed by atoms with Crippen LogP contribution in [0.4, 0.5) is 0 Å². The van der Waals surface area contributed by atoms with E-state index in [1.807, 2.05) is 26.1 Å². The Morgan fingerprint density at radius 2 is 2.28 bits per heavy atom. The molecule has 0 aromatic heterocycles. The summed E-state index contributed by atoms with van der Waals surface area (Å²) in [6.45, 7) is 5.66. The van der Waals surface area contributed by atoms with Crippen LogP contribution >= 0.6 is 11.6 Å². The third-order valence-corrected chi connectivity index (χ3v) is 4.44. The van der Waals surface area contributed by atoms with Gasteiger partial charge in [0.15, 0.2) is 17.5 Å². The van der Waals surface area contributed by atoms with Crippen LogP contribution in [0.25, 0.3) is 0 Å². The van der Waals surface area contributed by atoms with E-state index >= 15 is 0 Å². The van der Waals surface area contributed by atoms with Crippen LogP contribution in [0, 0.1) is 5.92 Å². The van der Waals surface area contributed by atoms with E-state index in [9.17, 15) is 0 Å². The predicted molar refractivity (Wildman–Crippen MR) is 101 cm³/mol. The number of hydrogen-bond donors (Lipinski definition) is 1. The summed E-state index contributed by atoms with van der Waals surface area (Å²) in [6, 6.07) is 3.82. The second kappa shape index (κ2) is 9.73. The Kier molecular flexibility index (Phi) is 7.65. The van der Waals surface area contributed by atoms with E-state index in [4.69, 9.17) is 25.8 Å². The molecule has 0 spiro atoms. The van der Waals surface area contributed by atoms with Gasteiger partial charge in [-0.15, -0.1) is 0 Å². The third kappa shape index (κ3) is 5.41. The van der Waals surface area contributed by atoms with Crippen LogP contribution < -0.4 is 14.8 Å². The molecule has 1 fully saturated rings. The Morgan fingerprint density at radius 1 is 1.48 bits per heavy atom. The zero-order valence-corrected chi connectivity index (χ0v) is 16.2. The number of nitrogens with one attached hydrogen (secondary N) is 1. The second-order valence-electron chi connectivity index (χ2n) is 6.05. The first-order chi connectivity index (χ1) is 12.1. The molecule has 1 atom stereocenters. The molecule has 140 valence electrons. The van der Waals surface area contributed by atoms with E-state index in [1.54, 1.807) is 14.2 Å². The summed E-state index contributed by atoms with van der Waals surface area (Å²) in [7, 11) is 5.44. The predicted octanol–water partition coefficient (Wildman–Crippen LogP) is 2.79. The molecule has 1 aromatic rings. The molecule has 0 bridgehead atoms. The fraction of sp³-hybridized carbons (Fsp3) is 0.611. The zero-order valence-electron chi connectivity index (χ0n) is 15.5. The topological polar surface area (TPSA) is 55.3 Å². The highest BCUT2D eigenvalue weighted by molar-refractivity contribution is 6.32. The number of guanidine groups is 1. The highest BCUT2D eigenvalue weighted by Crippen LogP contribution is 2.36. The van der Waals surface area contributed by atoms with Crippen molar-refractivity contribution in [2.45, 2.75) is 19.9 Å². The zero-order chi connectivity index (χ0) is 18.2. The number of nitrogens with zero attached hydrogens (tertiary/aromatic N) is 2. The van der Waals surface area contributed by atoms with Gasteiger partial charge in [0, 0.05) is 39.7 Å². The maximum atomic E-state index is 6.33. The van der Waals surface area contributed by atoms with Crippen molar-refractivity contribution in [3.63, 3.8) is 0 Å². The lowest BCUT2D eigenvalue weighted by molar-refractivity contribution is 0.181. The van der Waals surface area contributed by atoms with Gasteiger partial charge in [-0.2, -0.15) is 0 Å². The number of methoxy groups -OCH3 is 1. The first-order valence-electron chi connectivity index (χ1n) is 8.57. The van der Waals surface area contributed by atoms with E-state index in [0.29, 0.717) is 35.6 Å². The quantitative estimate of drug-likeness (QED) is 0.591. The molecule has 1 aromatic carbocycles. The highest BCUT2D eigenvalue weighted by Gasteiger charge is 2.19.